The van der Waals surface area contributed by atoms with E-state index in [-0.39, 0.29) is 23.8 Å². The first-order chi connectivity index (χ1) is 6.02. The van der Waals surface area contributed by atoms with E-state index in [9.17, 15) is 4.79 Å². The Morgan fingerprint density at radius 1 is 1.46 bits per heavy atom. The van der Waals surface area contributed by atoms with E-state index in [2.05, 4.69) is 15.8 Å². The van der Waals surface area contributed by atoms with Gasteiger partial charge >= 0.3 is 0 Å². The molecule has 76 valence electrons. The molecule has 6 heteroatoms. The number of carbonyl (C=O) groups is 1. The molecule has 2 unspecified atom stereocenters. The summed E-state index contributed by atoms with van der Waals surface area (Å²) in [5.74, 6) is -0.0895. The van der Waals surface area contributed by atoms with E-state index in [0.717, 1.165) is 0 Å². The van der Waals surface area contributed by atoms with Crippen LogP contribution >= 0.6 is 0 Å². The topological polar surface area (TPSA) is 99.7 Å². The van der Waals surface area contributed by atoms with Crippen LogP contribution in [0, 0.1) is 0 Å². The van der Waals surface area contributed by atoms with Crippen molar-refractivity contribution < 1.29 is 10.0 Å². The maximum absolute atomic E-state index is 11.0. The number of amides is 1. The summed E-state index contributed by atoms with van der Waals surface area (Å²) in [6, 6.07) is -0.711. The molecule has 0 aromatic heterocycles. The van der Waals surface area contributed by atoms with Crippen LogP contribution in [-0.2, 0) is 4.79 Å². The molecule has 0 saturated heterocycles. The van der Waals surface area contributed by atoms with Crippen LogP contribution < -0.4 is 16.4 Å². The normalized spacial score (nSPS) is 16.4. The summed E-state index contributed by atoms with van der Waals surface area (Å²) in [5, 5.41) is 16.5. The minimum Gasteiger partial charge on any atom is -0.409 e. The number of likely N-dealkylation sites (N-methyl/N-ethyl adjacent to an activating group) is 1. The van der Waals surface area contributed by atoms with Crippen molar-refractivity contribution in [3.05, 3.63) is 0 Å². The summed E-state index contributed by atoms with van der Waals surface area (Å²) in [6.45, 7) is 3.40. The van der Waals surface area contributed by atoms with Gasteiger partial charge in [-0.05, 0) is 13.8 Å². The highest BCUT2D eigenvalue weighted by Gasteiger charge is 2.15. The van der Waals surface area contributed by atoms with Gasteiger partial charge in [0.15, 0.2) is 5.84 Å². The second-order valence-electron chi connectivity index (χ2n) is 2.75. The zero-order chi connectivity index (χ0) is 10.4. The van der Waals surface area contributed by atoms with Crippen LogP contribution in [-0.4, -0.2) is 36.1 Å². The molecule has 0 saturated carbocycles. The molecule has 0 fully saturated rings. The van der Waals surface area contributed by atoms with Gasteiger partial charge in [-0.1, -0.05) is 5.16 Å². The van der Waals surface area contributed by atoms with Crippen molar-refractivity contribution in [3.63, 3.8) is 0 Å². The molecule has 0 bridgehead atoms. The van der Waals surface area contributed by atoms with Gasteiger partial charge in [0.05, 0.1) is 12.1 Å². The van der Waals surface area contributed by atoms with Gasteiger partial charge in [0.25, 0.3) is 0 Å². The fourth-order valence-electron chi connectivity index (χ4n) is 0.839. The van der Waals surface area contributed by atoms with E-state index < -0.39 is 0 Å². The van der Waals surface area contributed by atoms with Crippen molar-refractivity contribution >= 4 is 11.7 Å². The van der Waals surface area contributed by atoms with Gasteiger partial charge in [-0.15, -0.1) is 0 Å². The van der Waals surface area contributed by atoms with Crippen LogP contribution in [0.3, 0.4) is 0 Å². The van der Waals surface area contributed by atoms with Gasteiger partial charge < -0.3 is 16.3 Å². The highest BCUT2D eigenvalue weighted by atomic mass is 16.4. The molecule has 0 aromatic rings. The number of hydrogen-bond acceptors (Lipinski definition) is 4. The lowest BCUT2D eigenvalue weighted by Crippen LogP contribution is -2.49. The van der Waals surface area contributed by atoms with Gasteiger partial charge in [0.2, 0.25) is 5.91 Å². The average Bonchev–Trinajstić information content (AvgIpc) is 2.14. The van der Waals surface area contributed by atoms with E-state index in [4.69, 9.17) is 10.9 Å². The Morgan fingerprint density at radius 3 is 2.38 bits per heavy atom. The number of nitrogens with zero attached hydrogens (tertiary/aromatic N) is 1. The Balaban J connectivity index is 4.06. The molecule has 0 aromatic carbocycles. The quantitative estimate of drug-likeness (QED) is 0.194. The number of carbonyl (C=O) groups excluding carboxylic acids is 1. The van der Waals surface area contributed by atoms with Crippen molar-refractivity contribution in [2.24, 2.45) is 10.9 Å². The van der Waals surface area contributed by atoms with Crippen molar-refractivity contribution in [1.82, 2.24) is 10.6 Å². The number of oxime groups is 1. The Morgan fingerprint density at radius 2 is 2.00 bits per heavy atom. The zero-order valence-electron chi connectivity index (χ0n) is 8.03. The molecule has 2 atom stereocenters. The molecular formula is C7H16N4O2. The van der Waals surface area contributed by atoms with E-state index in [0.29, 0.717) is 0 Å². The molecule has 0 heterocycles. The number of hydrogen-bond donors (Lipinski definition) is 4. The first-order valence-electron chi connectivity index (χ1n) is 3.98. The molecule has 0 rings (SSSR count). The summed E-state index contributed by atoms with van der Waals surface area (Å²) in [4.78, 5) is 11.0. The smallest absolute Gasteiger partial charge is 0.236 e. The highest BCUT2D eigenvalue weighted by Crippen LogP contribution is 1.87. The maximum atomic E-state index is 11.0. The van der Waals surface area contributed by atoms with Crippen molar-refractivity contribution in [2.45, 2.75) is 25.9 Å². The average molecular weight is 188 g/mol. The van der Waals surface area contributed by atoms with Crippen molar-refractivity contribution in [2.75, 3.05) is 7.05 Å². The third-order valence-electron chi connectivity index (χ3n) is 1.70. The third kappa shape index (κ3) is 3.75. The summed E-state index contributed by atoms with van der Waals surface area (Å²) in [6.07, 6.45) is 0. The second-order valence-corrected chi connectivity index (χ2v) is 2.75. The molecule has 0 aliphatic rings. The van der Waals surface area contributed by atoms with Crippen LogP contribution in [0.5, 0.6) is 0 Å². The van der Waals surface area contributed by atoms with Gasteiger partial charge in [0.1, 0.15) is 0 Å². The monoisotopic (exact) mass is 188 g/mol. The first kappa shape index (κ1) is 11.7. The largest absolute Gasteiger partial charge is 0.409 e. The summed E-state index contributed by atoms with van der Waals surface area (Å²) in [7, 11) is 1.55. The SMILES string of the molecule is CNC(=O)C(C)NC(C)C(N)=NO. The molecule has 0 spiro atoms. The van der Waals surface area contributed by atoms with Crippen molar-refractivity contribution in [3.8, 4) is 0 Å². The molecule has 13 heavy (non-hydrogen) atoms. The van der Waals surface area contributed by atoms with E-state index >= 15 is 0 Å². The molecule has 0 radical (unpaired) electrons. The number of nitrogens with one attached hydrogen (secondary N) is 2. The first-order valence-corrected chi connectivity index (χ1v) is 3.98. The van der Waals surface area contributed by atoms with E-state index in [1.165, 1.54) is 0 Å². The standard InChI is InChI=1S/C7H16N4O2/c1-4(6(8)11-13)10-5(2)7(12)9-3/h4-5,10,13H,1-3H3,(H2,8,11)(H,9,12). The minimum absolute atomic E-state index is 0.0516. The Bertz CT molecular complexity index is 205. The zero-order valence-corrected chi connectivity index (χ0v) is 8.03. The van der Waals surface area contributed by atoms with Gasteiger partial charge in [-0.25, -0.2) is 0 Å². The number of nitrogens with two attached hydrogens (primary N) is 1. The number of rotatable bonds is 4. The van der Waals surface area contributed by atoms with Crippen LogP contribution in [0.15, 0.2) is 5.16 Å². The van der Waals surface area contributed by atoms with Crippen molar-refractivity contribution in [1.29, 1.82) is 0 Å². The third-order valence-corrected chi connectivity index (χ3v) is 1.70. The molecule has 5 N–H and O–H groups in total. The van der Waals surface area contributed by atoms with Crippen LogP contribution in [0.25, 0.3) is 0 Å². The van der Waals surface area contributed by atoms with E-state index in [1.54, 1.807) is 20.9 Å². The number of amidine groups is 1. The minimum atomic E-state index is -0.375. The van der Waals surface area contributed by atoms with Crippen LogP contribution in [0.2, 0.25) is 0 Å². The van der Waals surface area contributed by atoms with E-state index in [1.807, 2.05) is 0 Å². The highest BCUT2D eigenvalue weighted by molar-refractivity contribution is 5.86. The summed E-state index contributed by atoms with van der Waals surface area (Å²) >= 11 is 0. The fraction of sp³-hybridized carbons (Fsp3) is 0.714. The second kappa shape index (κ2) is 5.36. The Hall–Kier alpha value is -1.30. The summed E-state index contributed by atoms with van der Waals surface area (Å²) < 4.78 is 0. The molecular weight excluding hydrogens is 172 g/mol. The van der Waals surface area contributed by atoms with Gasteiger partial charge in [-0.3, -0.25) is 10.1 Å². The molecule has 6 nitrogen and oxygen atoms in total. The Labute approximate surface area is 77.2 Å². The lowest BCUT2D eigenvalue weighted by molar-refractivity contribution is -0.122. The maximum Gasteiger partial charge on any atom is 0.236 e. The fourth-order valence-corrected chi connectivity index (χ4v) is 0.839. The predicted octanol–water partition coefficient (Wildman–Crippen LogP) is -1.15. The summed E-state index contributed by atoms with van der Waals surface area (Å²) in [5.41, 5.74) is 5.31. The molecule has 1 amide bonds. The lowest BCUT2D eigenvalue weighted by Gasteiger charge is -2.17. The molecule has 0 aliphatic carbocycles. The Kier molecular flexibility index (Phi) is 4.83. The lowest BCUT2D eigenvalue weighted by atomic mass is 10.2. The van der Waals surface area contributed by atoms with Gasteiger partial charge in [0, 0.05) is 7.05 Å². The van der Waals surface area contributed by atoms with Crippen LogP contribution in [0.1, 0.15) is 13.8 Å². The predicted molar refractivity (Wildman–Crippen MR) is 49.5 cm³/mol. The molecule has 0 aliphatic heterocycles. The van der Waals surface area contributed by atoms with Crippen LogP contribution in [0.4, 0.5) is 0 Å². The van der Waals surface area contributed by atoms with Gasteiger partial charge in [-0.2, -0.15) is 0 Å².